The first kappa shape index (κ1) is 12.3. The molecule has 0 rings (SSSR count). The Morgan fingerprint density at radius 3 is 2.62 bits per heavy atom. The van der Waals surface area contributed by atoms with Crippen molar-refractivity contribution >= 4 is 13.7 Å². The number of aliphatic hydroxyl groups excluding tert-OH is 1. The zero-order chi connectivity index (χ0) is 10.5. The summed E-state index contributed by atoms with van der Waals surface area (Å²) >= 11 is 0. The Balaban J connectivity index is 3.76. The minimum Gasteiger partial charge on any atom is -0.366 e. The summed E-state index contributed by atoms with van der Waals surface area (Å²) < 4.78 is 13.9. The number of aliphatic hydroxyl groups is 1. The molecule has 0 aliphatic heterocycles. The van der Waals surface area contributed by atoms with E-state index in [4.69, 9.17) is 14.9 Å². The highest BCUT2D eigenvalue weighted by Crippen LogP contribution is 2.36. The molecule has 0 fully saturated rings. The van der Waals surface area contributed by atoms with Crippen molar-refractivity contribution in [3.05, 3.63) is 12.7 Å². The van der Waals surface area contributed by atoms with E-state index in [1.165, 1.54) is 0 Å². The molecule has 0 aliphatic carbocycles. The molecular formula is C5H10NO6P. The predicted octanol–water partition coefficient (Wildman–Crippen LogP) is -1.28. The van der Waals surface area contributed by atoms with Crippen LogP contribution in [0.5, 0.6) is 0 Å². The van der Waals surface area contributed by atoms with Crippen molar-refractivity contribution in [2.45, 2.75) is 6.29 Å². The SMILES string of the molecule is C=CC(=O)NCC(O)OP(=O)(O)O. The molecule has 1 amide bonds. The second kappa shape index (κ2) is 5.11. The average Bonchev–Trinajstić information content (AvgIpc) is 1.97. The summed E-state index contributed by atoms with van der Waals surface area (Å²) in [7, 11) is -4.72. The molecule has 0 saturated heterocycles. The molecule has 8 heteroatoms. The molecule has 13 heavy (non-hydrogen) atoms. The minimum absolute atomic E-state index is 0.421. The third kappa shape index (κ3) is 7.63. The van der Waals surface area contributed by atoms with E-state index in [1.807, 2.05) is 0 Å². The van der Waals surface area contributed by atoms with Gasteiger partial charge in [-0.25, -0.2) is 4.57 Å². The van der Waals surface area contributed by atoms with Gasteiger partial charge in [0.05, 0.1) is 6.54 Å². The fourth-order valence-electron chi connectivity index (χ4n) is 0.456. The van der Waals surface area contributed by atoms with Gasteiger partial charge < -0.3 is 20.2 Å². The largest absolute Gasteiger partial charge is 0.471 e. The molecular weight excluding hydrogens is 201 g/mol. The molecule has 7 nitrogen and oxygen atoms in total. The summed E-state index contributed by atoms with van der Waals surface area (Å²) in [5.41, 5.74) is 0. The number of carbonyl (C=O) groups excluding carboxylic acids is 1. The van der Waals surface area contributed by atoms with E-state index in [0.717, 1.165) is 6.08 Å². The van der Waals surface area contributed by atoms with E-state index in [1.54, 1.807) is 0 Å². The number of rotatable bonds is 5. The molecule has 0 aromatic heterocycles. The van der Waals surface area contributed by atoms with Crippen LogP contribution < -0.4 is 5.32 Å². The molecule has 1 atom stereocenters. The first-order valence-corrected chi connectivity index (χ1v) is 4.70. The number of amides is 1. The first-order chi connectivity index (χ1) is 5.85. The predicted molar refractivity (Wildman–Crippen MR) is 42.3 cm³/mol. The summed E-state index contributed by atoms with van der Waals surface area (Å²) in [6, 6.07) is 0. The third-order valence-electron chi connectivity index (χ3n) is 0.895. The van der Waals surface area contributed by atoms with Crippen LogP contribution in [0.15, 0.2) is 12.7 Å². The first-order valence-electron chi connectivity index (χ1n) is 3.17. The van der Waals surface area contributed by atoms with Crippen molar-refractivity contribution in [2.75, 3.05) is 6.54 Å². The van der Waals surface area contributed by atoms with Crippen molar-refractivity contribution in [3.8, 4) is 0 Å². The van der Waals surface area contributed by atoms with Gasteiger partial charge in [0.2, 0.25) is 5.91 Å². The Morgan fingerprint density at radius 1 is 1.69 bits per heavy atom. The lowest BCUT2D eigenvalue weighted by Gasteiger charge is -2.12. The molecule has 0 heterocycles. The minimum atomic E-state index is -4.72. The van der Waals surface area contributed by atoms with Crippen molar-refractivity contribution in [2.24, 2.45) is 0 Å². The standard InChI is InChI=1S/C5H10NO6P/c1-2-4(7)6-3-5(8)12-13(9,10)11/h2,5,8H,1,3H2,(H,6,7)(H2,9,10,11). The van der Waals surface area contributed by atoms with E-state index < -0.39 is 26.6 Å². The maximum absolute atomic E-state index is 10.5. The van der Waals surface area contributed by atoms with Crippen molar-refractivity contribution in [1.82, 2.24) is 5.32 Å². The fraction of sp³-hybridized carbons (Fsp3) is 0.400. The van der Waals surface area contributed by atoms with Crippen LogP contribution in [0.1, 0.15) is 0 Å². The van der Waals surface area contributed by atoms with E-state index in [0.29, 0.717) is 0 Å². The molecule has 0 saturated carbocycles. The lowest BCUT2D eigenvalue weighted by Crippen LogP contribution is -2.31. The maximum atomic E-state index is 10.5. The van der Waals surface area contributed by atoms with Crippen LogP contribution >= 0.6 is 7.82 Å². The fourth-order valence-corrected chi connectivity index (χ4v) is 0.847. The quantitative estimate of drug-likeness (QED) is 0.255. The molecule has 4 N–H and O–H groups in total. The summed E-state index contributed by atoms with van der Waals surface area (Å²) in [5, 5.41) is 10.8. The Kier molecular flexibility index (Phi) is 4.82. The van der Waals surface area contributed by atoms with Crippen LogP contribution in [0.3, 0.4) is 0 Å². The summed E-state index contributed by atoms with van der Waals surface area (Å²) in [6.45, 7) is 2.70. The number of hydrogen-bond acceptors (Lipinski definition) is 4. The summed E-state index contributed by atoms with van der Waals surface area (Å²) in [5.74, 6) is -0.576. The smallest absolute Gasteiger partial charge is 0.366 e. The van der Waals surface area contributed by atoms with Crippen LogP contribution in [0.2, 0.25) is 0 Å². The lowest BCUT2D eigenvalue weighted by molar-refractivity contribution is -0.118. The van der Waals surface area contributed by atoms with Crippen LogP contribution in [-0.2, 0) is 13.9 Å². The topological polar surface area (TPSA) is 116 Å². The summed E-state index contributed by atoms with van der Waals surface area (Å²) in [4.78, 5) is 26.9. The number of carbonyl (C=O) groups is 1. The van der Waals surface area contributed by atoms with Gasteiger partial charge in [0.1, 0.15) is 0 Å². The Hall–Kier alpha value is -0.720. The zero-order valence-electron chi connectivity index (χ0n) is 6.58. The number of hydrogen-bond donors (Lipinski definition) is 4. The zero-order valence-corrected chi connectivity index (χ0v) is 7.48. The summed E-state index contributed by atoms with van der Waals surface area (Å²) in [6.07, 6.45) is -0.797. The molecule has 0 aromatic carbocycles. The normalized spacial score (nSPS) is 13.5. The molecule has 0 aliphatic rings. The van der Waals surface area contributed by atoms with Crippen LogP contribution in [-0.4, -0.2) is 33.6 Å². The van der Waals surface area contributed by atoms with Gasteiger partial charge in [-0.1, -0.05) is 6.58 Å². The number of nitrogens with one attached hydrogen (secondary N) is 1. The molecule has 0 radical (unpaired) electrons. The number of phosphoric ester groups is 1. The van der Waals surface area contributed by atoms with Gasteiger partial charge in [0.15, 0.2) is 6.29 Å². The van der Waals surface area contributed by atoms with Crippen LogP contribution in [0.25, 0.3) is 0 Å². The Morgan fingerprint density at radius 2 is 2.23 bits per heavy atom. The molecule has 1 unspecified atom stereocenters. The highest BCUT2D eigenvalue weighted by Gasteiger charge is 2.20. The monoisotopic (exact) mass is 211 g/mol. The van der Waals surface area contributed by atoms with Crippen LogP contribution in [0.4, 0.5) is 0 Å². The van der Waals surface area contributed by atoms with Gasteiger partial charge in [-0.05, 0) is 6.08 Å². The van der Waals surface area contributed by atoms with Crippen molar-refractivity contribution < 1.29 is 28.8 Å². The van der Waals surface area contributed by atoms with E-state index in [9.17, 15) is 9.36 Å². The highest BCUT2D eigenvalue weighted by molar-refractivity contribution is 7.46. The number of phosphoric acid groups is 1. The second-order valence-electron chi connectivity index (χ2n) is 2.00. The maximum Gasteiger partial charge on any atom is 0.471 e. The van der Waals surface area contributed by atoms with Gasteiger partial charge in [-0.3, -0.25) is 9.32 Å². The highest BCUT2D eigenvalue weighted by atomic mass is 31.2. The molecule has 0 bridgehead atoms. The third-order valence-corrected chi connectivity index (χ3v) is 1.41. The second-order valence-corrected chi connectivity index (χ2v) is 3.19. The van der Waals surface area contributed by atoms with E-state index in [2.05, 4.69) is 16.4 Å². The Labute approximate surface area is 74.3 Å². The van der Waals surface area contributed by atoms with Gasteiger partial charge >= 0.3 is 7.82 Å². The Bertz CT molecular complexity index is 235. The van der Waals surface area contributed by atoms with Gasteiger partial charge in [-0.2, -0.15) is 0 Å². The average molecular weight is 211 g/mol. The molecule has 0 aromatic rings. The van der Waals surface area contributed by atoms with E-state index >= 15 is 0 Å². The van der Waals surface area contributed by atoms with Gasteiger partial charge in [0.25, 0.3) is 0 Å². The molecule has 76 valence electrons. The van der Waals surface area contributed by atoms with Crippen molar-refractivity contribution in [1.29, 1.82) is 0 Å². The van der Waals surface area contributed by atoms with Gasteiger partial charge in [0, 0.05) is 0 Å². The van der Waals surface area contributed by atoms with Crippen LogP contribution in [0, 0.1) is 0 Å². The van der Waals surface area contributed by atoms with E-state index in [-0.39, 0.29) is 0 Å². The molecule has 0 spiro atoms. The lowest BCUT2D eigenvalue weighted by atomic mass is 10.5. The van der Waals surface area contributed by atoms with Gasteiger partial charge in [-0.15, -0.1) is 0 Å². The van der Waals surface area contributed by atoms with Crippen molar-refractivity contribution in [3.63, 3.8) is 0 Å².